The number of nitrogens with one attached hydrogen (secondary N) is 2. The minimum Gasteiger partial charge on any atom is -0.462 e. The number of benzene rings is 2. The number of anilines is 1. The molecule has 43 heavy (non-hydrogen) atoms. The number of fused-ring (bicyclic) bond motifs is 1. The van der Waals surface area contributed by atoms with E-state index in [1.54, 1.807) is 11.5 Å². The molecule has 222 valence electrons. The number of aryl methyl sites for hydroxylation is 1. The molecular weight excluding hydrogens is 599 g/mol. The fourth-order valence-corrected chi connectivity index (χ4v) is 6.66. The maximum absolute atomic E-state index is 14.1. The first kappa shape index (κ1) is 29.8. The third kappa shape index (κ3) is 6.57. The van der Waals surface area contributed by atoms with Crippen molar-refractivity contribution in [2.24, 2.45) is 0 Å². The molecule has 1 aliphatic rings. The summed E-state index contributed by atoms with van der Waals surface area (Å²) in [5.41, 5.74) is 1.51. The number of hydrogen-bond donors (Lipinski definition) is 2. The Morgan fingerprint density at radius 1 is 1.14 bits per heavy atom. The molecule has 2 N–H and O–H groups in total. The number of esters is 1. The highest BCUT2D eigenvalue weighted by atomic mass is 32.2. The highest BCUT2D eigenvalue weighted by Crippen LogP contribution is 2.39. The summed E-state index contributed by atoms with van der Waals surface area (Å²) in [4.78, 5) is 50.0. The monoisotopic (exact) mass is 624 g/mol. The normalized spacial score (nSPS) is 12.0. The summed E-state index contributed by atoms with van der Waals surface area (Å²) < 4.78 is 20.9. The molecule has 2 heterocycles. The van der Waals surface area contributed by atoms with E-state index in [4.69, 9.17) is 4.74 Å². The zero-order valence-corrected chi connectivity index (χ0v) is 24.4. The van der Waals surface area contributed by atoms with Gasteiger partial charge in [-0.1, -0.05) is 23.9 Å². The Bertz CT molecular complexity index is 1700. The third-order valence-electron chi connectivity index (χ3n) is 6.53. The number of nitro groups is 1. The van der Waals surface area contributed by atoms with Gasteiger partial charge in [-0.3, -0.25) is 24.3 Å². The van der Waals surface area contributed by atoms with Gasteiger partial charge in [0.25, 0.3) is 11.6 Å². The van der Waals surface area contributed by atoms with Gasteiger partial charge in [-0.05, 0) is 56.0 Å². The van der Waals surface area contributed by atoms with E-state index in [1.807, 2.05) is 0 Å². The lowest BCUT2D eigenvalue weighted by atomic mass is 10.1. The molecule has 0 saturated heterocycles. The maximum atomic E-state index is 14.1. The van der Waals surface area contributed by atoms with E-state index in [0.717, 1.165) is 41.5 Å². The lowest BCUT2D eigenvalue weighted by Gasteiger charge is -2.11. The number of carbonyl (C=O) groups is 3. The van der Waals surface area contributed by atoms with Crippen molar-refractivity contribution in [2.75, 3.05) is 17.7 Å². The Morgan fingerprint density at radius 2 is 1.91 bits per heavy atom. The van der Waals surface area contributed by atoms with Crippen molar-refractivity contribution in [1.29, 1.82) is 0 Å². The largest absolute Gasteiger partial charge is 0.462 e. The quantitative estimate of drug-likeness (QED) is 0.104. The Labute approximate surface area is 252 Å². The lowest BCUT2D eigenvalue weighted by molar-refractivity contribution is -0.384. The van der Waals surface area contributed by atoms with Crippen molar-refractivity contribution >= 4 is 51.6 Å². The minimum absolute atomic E-state index is 0.0997. The molecule has 0 saturated carbocycles. The molecule has 4 aromatic rings. The number of rotatable bonds is 11. The van der Waals surface area contributed by atoms with Gasteiger partial charge >= 0.3 is 5.97 Å². The van der Waals surface area contributed by atoms with E-state index >= 15 is 0 Å². The van der Waals surface area contributed by atoms with Crippen molar-refractivity contribution < 1.29 is 28.4 Å². The van der Waals surface area contributed by atoms with Crippen LogP contribution in [0.3, 0.4) is 0 Å². The zero-order valence-electron chi connectivity index (χ0n) is 22.8. The first-order chi connectivity index (χ1) is 20.8. The average Bonchev–Trinajstić information content (AvgIpc) is 3.70. The third-order valence-corrected chi connectivity index (χ3v) is 8.67. The van der Waals surface area contributed by atoms with Crippen LogP contribution in [0.25, 0.3) is 5.69 Å². The van der Waals surface area contributed by atoms with Crippen molar-refractivity contribution in [1.82, 2.24) is 20.1 Å². The van der Waals surface area contributed by atoms with Crippen LogP contribution in [0.5, 0.6) is 0 Å². The molecule has 2 amide bonds. The average molecular weight is 625 g/mol. The van der Waals surface area contributed by atoms with Crippen LogP contribution < -0.4 is 10.6 Å². The van der Waals surface area contributed by atoms with Crippen molar-refractivity contribution in [2.45, 2.75) is 37.9 Å². The number of thiophene rings is 1. The van der Waals surface area contributed by atoms with Gasteiger partial charge in [0.1, 0.15) is 10.8 Å². The first-order valence-electron chi connectivity index (χ1n) is 13.2. The highest BCUT2D eigenvalue weighted by Gasteiger charge is 2.28. The van der Waals surface area contributed by atoms with Crippen LogP contribution >= 0.6 is 23.1 Å². The summed E-state index contributed by atoms with van der Waals surface area (Å²) in [6, 6.07) is 11.1. The van der Waals surface area contributed by atoms with Gasteiger partial charge in [-0.15, -0.1) is 21.5 Å². The van der Waals surface area contributed by atoms with Crippen molar-refractivity contribution in [3.05, 3.63) is 91.9 Å². The van der Waals surface area contributed by atoms with E-state index < -0.39 is 22.6 Å². The van der Waals surface area contributed by atoms with E-state index in [1.165, 1.54) is 59.9 Å². The minimum atomic E-state index is -0.679. The summed E-state index contributed by atoms with van der Waals surface area (Å²) in [5, 5.41) is 25.7. The van der Waals surface area contributed by atoms with Crippen LogP contribution in [-0.4, -0.2) is 49.8 Å². The standard InChI is InChI=1S/C28H25FN6O6S2/c1-2-41-27(38)24-19-7-5-9-21(19)43-26(24)31-23(36)15-42-28-33-32-22(14-30-25(37)18-6-3-4-8-20(18)29)34(28)16-10-12-17(13-11-16)35(39)40/h3-4,6,8,10-13H,2,5,7,9,14-15H2,1H3,(H,30,37)(H,31,36). The number of ether oxygens (including phenoxy) is 1. The molecular formula is C28H25FN6O6S2. The smallest absolute Gasteiger partial charge is 0.341 e. The summed E-state index contributed by atoms with van der Waals surface area (Å²) >= 11 is 2.42. The predicted octanol–water partition coefficient (Wildman–Crippen LogP) is 4.70. The first-order valence-corrected chi connectivity index (χ1v) is 15.0. The van der Waals surface area contributed by atoms with E-state index in [-0.39, 0.29) is 47.0 Å². The Hall–Kier alpha value is -4.63. The van der Waals surface area contributed by atoms with Gasteiger partial charge < -0.3 is 15.4 Å². The lowest BCUT2D eigenvalue weighted by Crippen LogP contribution is -2.25. The predicted molar refractivity (Wildman–Crippen MR) is 157 cm³/mol. The number of nitrogens with zero attached hydrogens (tertiary/aromatic N) is 4. The van der Waals surface area contributed by atoms with Crippen molar-refractivity contribution in [3.63, 3.8) is 0 Å². The number of halogens is 1. The van der Waals surface area contributed by atoms with Crippen LogP contribution in [0.1, 0.15) is 50.3 Å². The van der Waals surface area contributed by atoms with E-state index in [2.05, 4.69) is 20.8 Å². The molecule has 0 spiro atoms. The maximum Gasteiger partial charge on any atom is 0.341 e. The van der Waals surface area contributed by atoms with Gasteiger partial charge in [-0.25, -0.2) is 9.18 Å². The number of amides is 2. The molecule has 0 bridgehead atoms. The highest BCUT2D eigenvalue weighted by molar-refractivity contribution is 7.99. The van der Waals surface area contributed by atoms with Crippen LogP contribution in [0.4, 0.5) is 15.1 Å². The summed E-state index contributed by atoms with van der Waals surface area (Å²) in [7, 11) is 0. The molecule has 2 aromatic heterocycles. The van der Waals surface area contributed by atoms with Crippen LogP contribution in [0.15, 0.2) is 53.7 Å². The molecule has 12 nitrogen and oxygen atoms in total. The number of thioether (sulfide) groups is 1. The van der Waals surface area contributed by atoms with Gasteiger partial charge in [0, 0.05) is 22.7 Å². The molecule has 0 atom stereocenters. The number of aromatic nitrogens is 3. The second-order valence-electron chi connectivity index (χ2n) is 9.29. The second-order valence-corrected chi connectivity index (χ2v) is 11.3. The topological polar surface area (TPSA) is 158 Å². The fourth-order valence-electron chi connectivity index (χ4n) is 4.60. The fraction of sp³-hybridized carbons (Fsp3) is 0.250. The molecule has 0 unspecified atom stereocenters. The zero-order chi connectivity index (χ0) is 30.5. The summed E-state index contributed by atoms with van der Waals surface area (Å²) in [6.45, 7) is 1.79. The number of hydrogen-bond acceptors (Lipinski definition) is 10. The van der Waals surface area contributed by atoms with Crippen LogP contribution in [-0.2, 0) is 28.9 Å². The molecule has 5 rings (SSSR count). The summed E-state index contributed by atoms with van der Waals surface area (Å²) in [6.07, 6.45) is 2.53. The molecule has 1 aliphatic carbocycles. The van der Waals surface area contributed by atoms with E-state index in [9.17, 15) is 28.9 Å². The SMILES string of the molecule is CCOC(=O)c1c(NC(=O)CSc2nnc(CNC(=O)c3ccccc3F)n2-c2ccc([N+](=O)[O-])cc2)sc2c1CCC2. The summed E-state index contributed by atoms with van der Waals surface area (Å²) in [5.74, 6) is -2.04. The number of non-ortho nitro benzene ring substituents is 1. The molecule has 0 radical (unpaired) electrons. The van der Waals surface area contributed by atoms with Gasteiger partial charge in [0.05, 0.1) is 35.0 Å². The molecule has 2 aromatic carbocycles. The molecule has 0 fully saturated rings. The second kappa shape index (κ2) is 13.1. The van der Waals surface area contributed by atoms with Crippen LogP contribution in [0, 0.1) is 15.9 Å². The van der Waals surface area contributed by atoms with Gasteiger partial charge in [0.2, 0.25) is 5.91 Å². The van der Waals surface area contributed by atoms with Gasteiger partial charge in [-0.2, -0.15) is 0 Å². The Balaban J connectivity index is 1.35. The number of carbonyl (C=O) groups excluding carboxylic acids is 3. The Kier molecular flexibility index (Phi) is 9.11. The molecule has 0 aliphatic heterocycles. The van der Waals surface area contributed by atoms with Crippen molar-refractivity contribution in [3.8, 4) is 5.69 Å². The molecule has 15 heteroatoms. The Morgan fingerprint density at radius 3 is 2.63 bits per heavy atom. The van der Waals surface area contributed by atoms with Crippen LogP contribution in [0.2, 0.25) is 0 Å². The van der Waals surface area contributed by atoms with E-state index in [0.29, 0.717) is 16.3 Å². The number of nitro benzene ring substituents is 1. The van der Waals surface area contributed by atoms with Gasteiger partial charge in [0.15, 0.2) is 11.0 Å².